The Morgan fingerprint density at radius 2 is 1.89 bits per heavy atom. The van der Waals surface area contributed by atoms with Crippen LogP contribution in [-0.2, 0) is 6.42 Å². The van der Waals surface area contributed by atoms with Crippen molar-refractivity contribution in [1.82, 2.24) is 9.47 Å². The van der Waals surface area contributed by atoms with E-state index in [2.05, 4.69) is 23.8 Å². The lowest BCUT2D eigenvalue weighted by molar-refractivity contribution is 0.0694. The van der Waals surface area contributed by atoms with E-state index >= 15 is 4.39 Å². The van der Waals surface area contributed by atoms with Gasteiger partial charge in [0.05, 0.1) is 11.2 Å². The molecule has 2 unspecified atom stereocenters. The van der Waals surface area contributed by atoms with Crippen LogP contribution in [0.15, 0.2) is 17.1 Å². The van der Waals surface area contributed by atoms with E-state index in [0.717, 1.165) is 25.2 Å². The molecule has 2 aliphatic rings. The summed E-state index contributed by atoms with van der Waals surface area (Å²) in [5.41, 5.74) is 1.14. The number of aromatic nitrogens is 1. The first-order chi connectivity index (χ1) is 12.3. The van der Waals surface area contributed by atoms with E-state index in [4.69, 9.17) is 0 Å². The van der Waals surface area contributed by atoms with Crippen molar-refractivity contribution >= 4 is 47.4 Å². The van der Waals surface area contributed by atoms with E-state index in [1.807, 2.05) is 11.5 Å². The summed E-state index contributed by atoms with van der Waals surface area (Å²) >= 11 is 0. The minimum absolute atomic E-state index is 0. The lowest BCUT2D eigenvalue weighted by atomic mass is 10.0. The van der Waals surface area contributed by atoms with Crippen molar-refractivity contribution in [3.63, 3.8) is 0 Å². The van der Waals surface area contributed by atoms with Gasteiger partial charge in [0.25, 0.3) is 0 Å². The van der Waals surface area contributed by atoms with Crippen LogP contribution in [0, 0.1) is 5.82 Å². The smallest absolute Gasteiger partial charge is 0.341 e. The van der Waals surface area contributed by atoms with Crippen LogP contribution in [0.1, 0.15) is 35.8 Å². The van der Waals surface area contributed by atoms with Gasteiger partial charge in [-0.3, -0.25) is 4.79 Å². The van der Waals surface area contributed by atoms with Crippen molar-refractivity contribution in [2.45, 2.75) is 32.4 Å². The van der Waals surface area contributed by atoms with Crippen molar-refractivity contribution in [2.24, 2.45) is 0 Å². The van der Waals surface area contributed by atoms with Gasteiger partial charge in [-0.05, 0) is 33.4 Å². The summed E-state index contributed by atoms with van der Waals surface area (Å²) in [5, 5.41) is 9.47. The maximum Gasteiger partial charge on any atom is 0.341 e. The minimum Gasteiger partial charge on any atom is -0.477 e. The van der Waals surface area contributed by atoms with E-state index in [-0.39, 0.29) is 41.8 Å². The molecule has 0 saturated carbocycles. The molecular formula is C19H24Cl2FN3O3. The van der Waals surface area contributed by atoms with Gasteiger partial charge < -0.3 is 19.5 Å². The van der Waals surface area contributed by atoms with Gasteiger partial charge in [0.2, 0.25) is 5.43 Å². The lowest BCUT2D eigenvalue weighted by Crippen LogP contribution is -2.50. The number of hydrogen-bond acceptors (Lipinski definition) is 4. The molecule has 0 amide bonds. The number of carboxylic acids is 1. The van der Waals surface area contributed by atoms with Crippen LogP contribution < -0.4 is 10.3 Å². The molecule has 4 rings (SSSR count). The maximum absolute atomic E-state index is 15.1. The van der Waals surface area contributed by atoms with E-state index in [9.17, 15) is 14.7 Å². The highest BCUT2D eigenvalue weighted by atomic mass is 35.5. The quantitative estimate of drug-likeness (QED) is 0.791. The van der Waals surface area contributed by atoms with Crippen LogP contribution in [0.5, 0.6) is 0 Å². The molecule has 154 valence electrons. The second kappa shape index (κ2) is 7.89. The average molecular weight is 432 g/mol. The first-order valence-corrected chi connectivity index (χ1v) is 8.88. The number of benzene rings is 1. The molecule has 28 heavy (non-hydrogen) atoms. The molecular weight excluding hydrogens is 408 g/mol. The molecule has 2 aliphatic heterocycles. The fraction of sp³-hybridized carbons (Fsp3) is 0.474. The van der Waals surface area contributed by atoms with Crippen molar-refractivity contribution in [3.8, 4) is 0 Å². The van der Waals surface area contributed by atoms with Crippen LogP contribution >= 0.6 is 24.8 Å². The van der Waals surface area contributed by atoms with Crippen LogP contribution in [0.4, 0.5) is 10.1 Å². The van der Waals surface area contributed by atoms with E-state index in [1.54, 1.807) is 0 Å². The molecule has 1 aromatic carbocycles. The van der Waals surface area contributed by atoms with E-state index in [0.29, 0.717) is 23.7 Å². The topological polar surface area (TPSA) is 65.8 Å². The molecule has 6 nitrogen and oxygen atoms in total. The summed E-state index contributed by atoms with van der Waals surface area (Å²) in [6, 6.07) is 1.51. The zero-order valence-electron chi connectivity index (χ0n) is 15.9. The largest absolute Gasteiger partial charge is 0.477 e. The zero-order valence-corrected chi connectivity index (χ0v) is 17.6. The summed E-state index contributed by atoms with van der Waals surface area (Å²) in [5.74, 6) is -1.72. The fourth-order valence-corrected chi connectivity index (χ4v) is 4.24. The third-order valence-electron chi connectivity index (χ3n) is 5.82. The molecule has 0 aliphatic carbocycles. The number of nitrogens with zero attached hydrogens (tertiary/aromatic N) is 3. The van der Waals surface area contributed by atoms with E-state index < -0.39 is 17.2 Å². The lowest BCUT2D eigenvalue weighted by Gasteiger charge is -2.39. The van der Waals surface area contributed by atoms with Gasteiger partial charge in [0, 0.05) is 48.9 Å². The number of carboxylic acid groups (broad SMARTS) is 1. The van der Waals surface area contributed by atoms with E-state index in [1.165, 1.54) is 12.3 Å². The molecule has 1 aromatic heterocycles. The van der Waals surface area contributed by atoms with Crippen LogP contribution in [0.25, 0.3) is 10.9 Å². The van der Waals surface area contributed by atoms with Gasteiger partial charge in [-0.15, -0.1) is 24.8 Å². The SMILES string of the molecule is CC1CN(c2c(F)cc3c(=O)c(C(=O)O)cn4c3c2CC4C)CCN1C.Cl.Cl. The summed E-state index contributed by atoms with van der Waals surface area (Å²) in [6.45, 7) is 6.37. The predicted molar refractivity (Wildman–Crippen MR) is 112 cm³/mol. The number of hydrogen-bond donors (Lipinski definition) is 1. The fourth-order valence-electron chi connectivity index (χ4n) is 4.24. The molecule has 1 saturated heterocycles. The van der Waals surface area contributed by atoms with Crippen molar-refractivity contribution < 1.29 is 14.3 Å². The maximum atomic E-state index is 15.1. The molecule has 0 bridgehead atoms. The first kappa shape index (κ1) is 22.5. The Bertz CT molecular complexity index is 995. The van der Waals surface area contributed by atoms with Gasteiger partial charge >= 0.3 is 5.97 Å². The highest BCUT2D eigenvalue weighted by Gasteiger charge is 2.32. The molecule has 1 fully saturated rings. The van der Waals surface area contributed by atoms with Gasteiger partial charge in [-0.25, -0.2) is 9.18 Å². The predicted octanol–water partition coefficient (Wildman–Crippen LogP) is 2.94. The van der Waals surface area contributed by atoms with Gasteiger partial charge in [-0.2, -0.15) is 0 Å². The second-order valence-electron chi connectivity index (χ2n) is 7.49. The molecule has 0 radical (unpaired) electrons. The Labute approximate surface area is 174 Å². The Morgan fingerprint density at radius 1 is 1.21 bits per heavy atom. The third-order valence-corrected chi connectivity index (χ3v) is 5.82. The Morgan fingerprint density at radius 3 is 2.50 bits per heavy atom. The number of rotatable bonds is 2. The van der Waals surface area contributed by atoms with Crippen LogP contribution in [-0.4, -0.2) is 53.3 Å². The zero-order chi connectivity index (χ0) is 18.7. The highest BCUT2D eigenvalue weighted by Crippen LogP contribution is 2.40. The number of carbonyl (C=O) groups is 1. The summed E-state index contributed by atoms with van der Waals surface area (Å²) in [4.78, 5) is 28.3. The number of pyridine rings is 1. The molecule has 9 heteroatoms. The first-order valence-electron chi connectivity index (χ1n) is 8.88. The number of anilines is 1. The Hall–Kier alpha value is -1.83. The molecule has 2 aromatic rings. The summed E-state index contributed by atoms with van der Waals surface area (Å²) in [6.07, 6.45) is 2.00. The normalized spacial score (nSPS) is 21.4. The number of piperazine rings is 1. The van der Waals surface area contributed by atoms with Crippen LogP contribution in [0.2, 0.25) is 0 Å². The van der Waals surface area contributed by atoms with Gasteiger partial charge in [0.1, 0.15) is 11.4 Å². The molecule has 2 atom stereocenters. The Balaban J connectivity index is 0.00000140. The molecule has 1 N–H and O–H groups in total. The Kier molecular flexibility index (Phi) is 6.33. The number of halogens is 3. The van der Waals surface area contributed by atoms with Crippen molar-refractivity contribution in [3.05, 3.63) is 39.4 Å². The summed E-state index contributed by atoms with van der Waals surface area (Å²) in [7, 11) is 2.06. The third kappa shape index (κ3) is 3.25. The van der Waals surface area contributed by atoms with Crippen molar-refractivity contribution in [1.29, 1.82) is 0 Å². The molecule has 3 heterocycles. The highest BCUT2D eigenvalue weighted by molar-refractivity contribution is 5.96. The number of likely N-dealkylation sites (N-methyl/N-ethyl adjacent to an activating group) is 1. The van der Waals surface area contributed by atoms with Gasteiger partial charge in [-0.1, -0.05) is 0 Å². The van der Waals surface area contributed by atoms with Gasteiger partial charge in [0.15, 0.2) is 0 Å². The standard InChI is InChI=1S/C19H22FN3O3.2ClH/c1-10-6-12-16-13(18(24)14(19(25)26)9-23(10)16)7-15(20)17(12)22-5-4-21(3)11(2)8-22;;/h7,9-11H,4-6,8H2,1-3H3,(H,25,26);2*1H. The summed E-state index contributed by atoms with van der Waals surface area (Å²) < 4.78 is 16.9. The van der Waals surface area contributed by atoms with Crippen LogP contribution in [0.3, 0.4) is 0 Å². The second-order valence-corrected chi connectivity index (χ2v) is 7.49. The van der Waals surface area contributed by atoms with Crippen molar-refractivity contribution in [2.75, 3.05) is 31.6 Å². The number of aromatic carboxylic acids is 1. The monoisotopic (exact) mass is 431 g/mol. The average Bonchev–Trinajstić information content (AvgIpc) is 2.90. The molecule has 0 spiro atoms. The minimum atomic E-state index is -1.28.